The van der Waals surface area contributed by atoms with Crippen LogP contribution in [0, 0.1) is 6.92 Å². The van der Waals surface area contributed by atoms with Crippen molar-refractivity contribution >= 4 is 32.5 Å². The Hall–Kier alpha value is -1.26. The third-order valence-electron chi connectivity index (χ3n) is 2.77. The molecule has 0 aliphatic rings. The zero-order chi connectivity index (χ0) is 13.8. The van der Waals surface area contributed by atoms with Crippen molar-refractivity contribution in [3.8, 4) is 0 Å². The van der Waals surface area contributed by atoms with Crippen LogP contribution in [0.3, 0.4) is 0 Å². The highest BCUT2D eigenvalue weighted by atomic mass is 79.9. The molecule has 0 bridgehead atoms. The summed E-state index contributed by atoms with van der Waals surface area (Å²) in [6, 6.07) is 14.6. The number of hydrogen-bond acceptors (Lipinski definition) is 2. The lowest BCUT2D eigenvalue weighted by molar-refractivity contribution is 0.102. The van der Waals surface area contributed by atoms with Gasteiger partial charge in [-0.25, -0.2) is 0 Å². The fraction of sp³-hybridized carbons (Fsp3) is 0.133. The average Bonchev–Trinajstić information content (AvgIpc) is 2.39. The van der Waals surface area contributed by atoms with Gasteiger partial charge >= 0.3 is 0 Å². The van der Waals surface area contributed by atoms with Crippen LogP contribution in [0.1, 0.15) is 15.9 Å². The number of aryl methyl sites for hydroxylation is 1. The van der Waals surface area contributed by atoms with Crippen molar-refractivity contribution in [3.63, 3.8) is 0 Å². The first kappa shape index (κ1) is 14.2. The van der Waals surface area contributed by atoms with E-state index < -0.39 is 10.8 Å². The number of hydrogen-bond donors (Lipinski definition) is 0. The second-order valence-electron chi connectivity index (χ2n) is 4.19. The standard InChI is InChI=1S/C15H13BrO2S/c1-11-5-2-3-8-14(11)15(17)10-19(18)13-7-4-6-12(16)9-13/h2-9H,10H2,1H3. The van der Waals surface area contributed by atoms with E-state index in [1.54, 1.807) is 18.2 Å². The Morgan fingerprint density at radius 1 is 1.16 bits per heavy atom. The molecule has 19 heavy (non-hydrogen) atoms. The van der Waals surface area contributed by atoms with E-state index in [4.69, 9.17) is 0 Å². The van der Waals surface area contributed by atoms with E-state index in [0.29, 0.717) is 10.5 Å². The van der Waals surface area contributed by atoms with Crippen LogP contribution in [-0.2, 0) is 10.8 Å². The van der Waals surface area contributed by atoms with Crippen LogP contribution < -0.4 is 0 Å². The normalized spacial score (nSPS) is 12.1. The van der Waals surface area contributed by atoms with E-state index in [0.717, 1.165) is 10.0 Å². The third-order valence-corrected chi connectivity index (χ3v) is 4.56. The Morgan fingerprint density at radius 3 is 2.58 bits per heavy atom. The highest BCUT2D eigenvalue weighted by Crippen LogP contribution is 2.16. The molecule has 0 aliphatic heterocycles. The molecule has 4 heteroatoms. The summed E-state index contributed by atoms with van der Waals surface area (Å²) in [4.78, 5) is 12.8. The van der Waals surface area contributed by atoms with E-state index >= 15 is 0 Å². The van der Waals surface area contributed by atoms with Gasteiger partial charge in [0, 0.05) is 14.9 Å². The fourth-order valence-corrected chi connectivity index (χ4v) is 3.37. The molecule has 2 aromatic carbocycles. The molecule has 0 N–H and O–H groups in total. The second-order valence-corrected chi connectivity index (χ2v) is 6.55. The Bertz CT molecular complexity index is 638. The number of Topliss-reactive ketones (excluding diaryl/α,β-unsaturated/α-hetero) is 1. The highest BCUT2D eigenvalue weighted by molar-refractivity contribution is 9.10. The molecule has 2 aromatic rings. The minimum Gasteiger partial charge on any atom is -0.293 e. The molecule has 0 saturated carbocycles. The quantitative estimate of drug-likeness (QED) is 0.797. The number of ketones is 1. The van der Waals surface area contributed by atoms with Crippen molar-refractivity contribution in [1.82, 2.24) is 0 Å². The van der Waals surface area contributed by atoms with Crippen LogP contribution >= 0.6 is 15.9 Å². The largest absolute Gasteiger partial charge is 0.293 e. The minimum atomic E-state index is -1.31. The van der Waals surface area contributed by atoms with Gasteiger partial charge in [-0.3, -0.25) is 9.00 Å². The van der Waals surface area contributed by atoms with E-state index in [2.05, 4.69) is 15.9 Å². The van der Waals surface area contributed by atoms with E-state index in [1.165, 1.54) is 0 Å². The fourth-order valence-electron chi connectivity index (χ4n) is 1.77. The van der Waals surface area contributed by atoms with Crippen molar-refractivity contribution in [2.24, 2.45) is 0 Å². The van der Waals surface area contributed by atoms with Gasteiger partial charge in [0.15, 0.2) is 5.78 Å². The predicted octanol–water partition coefficient (Wildman–Crippen LogP) is 3.75. The Labute approximate surface area is 123 Å². The molecule has 0 saturated heterocycles. The third kappa shape index (κ3) is 3.61. The maximum atomic E-state index is 12.2. The van der Waals surface area contributed by atoms with E-state index in [9.17, 15) is 9.00 Å². The summed E-state index contributed by atoms with van der Waals surface area (Å²) in [6.07, 6.45) is 0. The van der Waals surface area contributed by atoms with Gasteiger partial charge in [-0.2, -0.15) is 0 Å². The summed E-state index contributed by atoms with van der Waals surface area (Å²) in [5.74, 6) is -0.0715. The smallest absolute Gasteiger partial charge is 0.175 e. The van der Waals surface area contributed by atoms with Crippen molar-refractivity contribution in [1.29, 1.82) is 0 Å². The molecule has 0 fully saturated rings. The Kier molecular flexibility index (Phi) is 4.66. The number of carbonyl (C=O) groups is 1. The number of rotatable bonds is 4. The SMILES string of the molecule is Cc1ccccc1C(=O)CS(=O)c1cccc(Br)c1. The van der Waals surface area contributed by atoms with Crippen molar-refractivity contribution in [3.05, 3.63) is 64.1 Å². The van der Waals surface area contributed by atoms with E-state index in [1.807, 2.05) is 37.3 Å². The van der Waals surface area contributed by atoms with Crippen LogP contribution in [0.15, 0.2) is 57.9 Å². The van der Waals surface area contributed by atoms with Crippen molar-refractivity contribution < 1.29 is 9.00 Å². The summed E-state index contributed by atoms with van der Waals surface area (Å²) in [7, 11) is -1.31. The lowest BCUT2D eigenvalue weighted by Crippen LogP contribution is -2.12. The number of benzene rings is 2. The molecule has 0 aromatic heterocycles. The van der Waals surface area contributed by atoms with Crippen LogP contribution in [0.2, 0.25) is 0 Å². The highest BCUT2D eigenvalue weighted by Gasteiger charge is 2.14. The first-order chi connectivity index (χ1) is 9.08. The topological polar surface area (TPSA) is 34.1 Å². The molecule has 0 amide bonds. The van der Waals surface area contributed by atoms with Crippen LogP contribution in [0.4, 0.5) is 0 Å². The zero-order valence-corrected chi connectivity index (χ0v) is 12.8. The molecule has 0 spiro atoms. The monoisotopic (exact) mass is 336 g/mol. The van der Waals surface area contributed by atoms with Gasteiger partial charge in [0.1, 0.15) is 0 Å². The molecule has 0 aliphatic carbocycles. The van der Waals surface area contributed by atoms with Crippen LogP contribution in [-0.4, -0.2) is 15.7 Å². The molecular formula is C15H13BrO2S. The van der Waals surface area contributed by atoms with Gasteiger partial charge < -0.3 is 0 Å². The maximum Gasteiger partial charge on any atom is 0.175 e. The molecule has 0 heterocycles. The average molecular weight is 337 g/mol. The van der Waals surface area contributed by atoms with Crippen molar-refractivity contribution in [2.75, 3.05) is 5.75 Å². The first-order valence-electron chi connectivity index (χ1n) is 5.80. The predicted molar refractivity (Wildman–Crippen MR) is 80.9 cm³/mol. The van der Waals surface area contributed by atoms with Gasteiger partial charge in [0.2, 0.25) is 0 Å². The molecule has 2 nitrogen and oxygen atoms in total. The second kappa shape index (κ2) is 6.26. The van der Waals surface area contributed by atoms with Gasteiger partial charge in [-0.1, -0.05) is 46.3 Å². The van der Waals surface area contributed by atoms with Crippen LogP contribution in [0.25, 0.3) is 0 Å². The van der Waals surface area contributed by atoms with Gasteiger partial charge in [-0.15, -0.1) is 0 Å². The number of carbonyl (C=O) groups excluding carboxylic acids is 1. The Balaban J connectivity index is 2.16. The molecule has 0 radical (unpaired) electrons. The first-order valence-corrected chi connectivity index (χ1v) is 7.92. The molecule has 98 valence electrons. The number of halogens is 1. The molecular weight excluding hydrogens is 324 g/mol. The van der Waals surface area contributed by atoms with Crippen molar-refractivity contribution in [2.45, 2.75) is 11.8 Å². The lowest BCUT2D eigenvalue weighted by atomic mass is 10.1. The molecule has 1 atom stereocenters. The Morgan fingerprint density at radius 2 is 1.89 bits per heavy atom. The lowest BCUT2D eigenvalue weighted by Gasteiger charge is -2.05. The summed E-state index contributed by atoms with van der Waals surface area (Å²) in [5.41, 5.74) is 1.56. The summed E-state index contributed by atoms with van der Waals surface area (Å²) in [5, 5.41) is 0. The summed E-state index contributed by atoms with van der Waals surface area (Å²) in [6.45, 7) is 1.88. The van der Waals surface area contributed by atoms with Gasteiger partial charge in [-0.05, 0) is 30.7 Å². The van der Waals surface area contributed by atoms with Crippen LogP contribution in [0.5, 0.6) is 0 Å². The van der Waals surface area contributed by atoms with Gasteiger partial charge in [0.25, 0.3) is 0 Å². The summed E-state index contributed by atoms with van der Waals surface area (Å²) < 4.78 is 13.0. The molecule has 1 unspecified atom stereocenters. The maximum absolute atomic E-state index is 12.2. The van der Waals surface area contributed by atoms with E-state index in [-0.39, 0.29) is 11.5 Å². The zero-order valence-electron chi connectivity index (χ0n) is 10.4. The summed E-state index contributed by atoms with van der Waals surface area (Å²) >= 11 is 3.33. The van der Waals surface area contributed by atoms with Gasteiger partial charge in [0.05, 0.1) is 16.6 Å². The molecule has 2 rings (SSSR count). The minimum absolute atomic E-state index is 0.0152.